The molecule has 4 heteroatoms. The van der Waals surface area contributed by atoms with Crippen molar-refractivity contribution in [3.63, 3.8) is 0 Å². The van der Waals surface area contributed by atoms with Gasteiger partial charge in [0.1, 0.15) is 0 Å². The van der Waals surface area contributed by atoms with Gasteiger partial charge in [0.2, 0.25) is 0 Å². The smallest absolute Gasteiger partial charge is 0.337 e. The van der Waals surface area contributed by atoms with Gasteiger partial charge in [-0.15, -0.1) is 0 Å². The Morgan fingerprint density at radius 3 is 2.88 bits per heavy atom. The fourth-order valence-corrected chi connectivity index (χ4v) is 2.05. The average Bonchev–Trinajstić information content (AvgIpc) is 2.55. The van der Waals surface area contributed by atoms with Crippen LogP contribution in [0.25, 0.3) is 10.9 Å². The zero-order valence-corrected chi connectivity index (χ0v) is 9.10. The lowest BCUT2D eigenvalue weighted by molar-refractivity contribution is 0.0698. The van der Waals surface area contributed by atoms with Gasteiger partial charge in [0.25, 0.3) is 0 Å². The monoisotopic (exact) mass is 218 g/mol. The first-order chi connectivity index (χ1) is 7.65. The van der Waals surface area contributed by atoms with Crippen molar-refractivity contribution >= 4 is 16.9 Å². The summed E-state index contributed by atoms with van der Waals surface area (Å²) in [5, 5.41) is 10.1. The maximum Gasteiger partial charge on any atom is 0.337 e. The summed E-state index contributed by atoms with van der Waals surface area (Å²) in [6, 6.07) is 7.29. The average molecular weight is 218 g/mol. The molecule has 1 aromatic carbocycles. The van der Waals surface area contributed by atoms with E-state index in [-0.39, 0.29) is 0 Å². The first-order valence-corrected chi connectivity index (χ1v) is 5.17. The minimum atomic E-state index is -0.901. The lowest BCUT2D eigenvalue weighted by Crippen LogP contribution is -2.12. The van der Waals surface area contributed by atoms with Gasteiger partial charge in [0.05, 0.1) is 11.1 Å². The summed E-state index contributed by atoms with van der Waals surface area (Å²) < 4.78 is 1.96. The van der Waals surface area contributed by atoms with E-state index >= 15 is 0 Å². The minimum absolute atomic E-state index is 0.332. The number of hydrogen-bond acceptors (Lipinski definition) is 2. The highest BCUT2D eigenvalue weighted by Gasteiger charge is 2.13. The molecule has 2 rings (SSSR count). The first-order valence-electron chi connectivity index (χ1n) is 5.17. The SMILES string of the molecule is Cc1cc2cccc(C(=O)O)c2n1CCN. The van der Waals surface area contributed by atoms with Crippen LogP contribution in [0.15, 0.2) is 24.3 Å². The van der Waals surface area contributed by atoms with Crippen molar-refractivity contribution in [2.45, 2.75) is 13.5 Å². The second kappa shape index (κ2) is 3.98. The molecule has 16 heavy (non-hydrogen) atoms. The van der Waals surface area contributed by atoms with E-state index in [4.69, 9.17) is 10.8 Å². The molecule has 0 saturated heterocycles. The maximum atomic E-state index is 11.1. The fourth-order valence-electron chi connectivity index (χ4n) is 2.05. The molecular formula is C12H14N2O2. The van der Waals surface area contributed by atoms with E-state index in [0.29, 0.717) is 18.7 Å². The van der Waals surface area contributed by atoms with Crippen LogP contribution < -0.4 is 5.73 Å². The number of para-hydroxylation sites is 1. The second-order valence-corrected chi connectivity index (χ2v) is 3.77. The van der Waals surface area contributed by atoms with Crippen LogP contribution in [0.1, 0.15) is 16.1 Å². The number of rotatable bonds is 3. The van der Waals surface area contributed by atoms with E-state index in [9.17, 15) is 4.79 Å². The van der Waals surface area contributed by atoms with Crippen LogP contribution in [0.5, 0.6) is 0 Å². The normalized spacial score (nSPS) is 10.9. The van der Waals surface area contributed by atoms with Gasteiger partial charge >= 0.3 is 5.97 Å². The Balaban J connectivity index is 2.77. The molecule has 0 radical (unpaired) electrons. The minimum Gasteiger partial charge on any atom is -0.478 e. The lowest BCUT2D eigenvalue weighted by Gasteiger charge is -2.08. The Bertz CT molecular complexity index is 543. The van der Waals surface area contributed by atoms with E-state index < -0.39 is 5.97 Å². The summed E-state index contributed by atoms with van der Waals surface area (Å²) in [6.45, 7) is 3.10. The highest BCUT2D eigenvalue weighted by molar-refractivity contribution is 6.02. The number of aryl methyl sites for hydroxylation is 1. The van der Waals surface area contributed by atoms with Gasteiger partial charge in [0.15, 0.2) is 0 Å². The van der Waals surface area contributed by atoms with Crippen molar-refractivity contribution in [3.05, 3.63) is 35.5 Å². The molecule has 0 aliphatic rings. The molecule has 0 unspecified atom stereocenters. The molecule has 84 valence electrons. The molecule has 0 bridgehead atoms. The third-order valence-electron chi connectivity index (χ3n) is 2.71. The highest BCUT2D eigenvalue weighted by Crippen LogP contribution is 2.23. The lowest BCUT2D eigenvalue weighted by atomic mass is 10.1. The third-order valence-corrected chi connectivity index (χ3v) is 2.71. The number of aromatic nitrogens is 1. The summed E-state index contributed by atoms with van der Waals surface area (Å²) in [7, 11) is 0. The van der Waals surface area contributed by atoms with E-state index in [1.54, 1.807) is 12.1 Å². The number of benzene rings is 1. The summed E-state index contributed by atoms with van der Waals surface area (Å²) in [4.78, 5) is 11.1. The number of aromatic carboxylic acids is 1. The number of hydrogen-bond donors (Lipinski definition) is 2. The number of nitrogens with two attached hydrogens (primary N) is 1. The van der Waals surface area contributed by atoms with Gasteiger partial charge in [-0.1, -0.05) is 12.1 Å². The van der Waals surface area contributed by atoms with Crippen molar-refractivity contribution in [2.24, 2.45) is 5.73 Å². The van der Waals surface area contributed by atoms with Crippen molar-refractivity contribution < 1.29 is 9.90 Å². The number of carboxylic acid groups (broad SMARTS) is 1. The van der Waals surface area contributed by atoms with Crippen LogP contribution in [0, 0.1) is 6.92 Å². The van der Waals surface area contributed by atoms with E-state index in [0.717, 1.165) is 16.6 Å². The first kappa shape index (κ1) is 10.7. The topological polar surface area (TPSA) is 68.2 Å². The Morgan fingerprint density at radius 1 is 1.50 bits per heavy atom. The number of fused-ring (bicyclic) bond motifs is 1. The molecule has 2 aromatic rings. The van der Waals surface area contributed by atoms with Crippen LogP contribution in [-0.2, 0) is 6.54 Å². The molecule has 0 saturated carbocycles. The summed E-state index contributed by atoms with van der Waals surface area (Å²) in [5.41, 5.74) is 7.67. The van der Waals surface area contributed by atoms with Crippen molar-refractivity contribution in [3.8, 4) is 0 Å². The zero-order valence-electron chi connectivity index (χ0n) is 9.10. The Labute approximate surface area is 93.3 Å². The van der Waals surface area contributed by atoms with E-state index in [1.807, 2.05) is 23.6 Å². The molecule has 4 nitrogen and oxygen atoms in total. The van der Waals surface area contributed by atoms with Gasteiger partial charge in [-0.05, 0) is 19.1 Å². The molecule has 0 spiro atoms. The molecule has 3 N–H and O–H groups in total. The predicted molar refractivity (Wildman–Crippen MR) is 62.7 cm³/mol. The molecular weight excluding hydrogens is 204 g/mol. The standard InChI is InChI=1S/C12H14N2O2/c1-8-7-9-3-2-4-10(12(15)16)11(9)14(8)6-5-13/h2-4,7H,5-6,13H2,1H3,(H,15,16). The van der Waals surface area contributed by atoms with Gasteiger partial charge in [-0.3, -0.25) is 0 Å². The number of carbonyl (C=O) groups is 1. The molecule has 0 atom stereocenters. The molecule has 0 fully saturated rings. The van der Waals surface area contributed by atoms with Crippen LogP contribution in [-0.4, -0.2) is 22.2 Å². The molecule has 1 aromatic heterocycles. The molecule has 0 amide bonds. The highest BCUT2D eigenvalue weighted by atomic mass is 16.4. The third kappa shape index (κ3) is 1.57. The Kier molecular flexibility index (Phi) is 2.66. The summed E-state index contributed by atoms with van der Waals surface area (Å²) >= 11 is 0. The summed E-state index contributed by atoms with van der Waals surface area (Å²) in [5.74, 6) is -0.901. The summed E-state index contributed by atoms with van der Waals surface area (Å²) in [6.07, 6.45) is 0. The quantitative estimate of drug-likeness (QED) is 0.822. The Morgan fingerprint density at radius 2 is 2.25 bits per heavy atom. The maximum absolute atomic E-state index is 11.1. The van der Waals surface area contributed by atoms with E-state index in [2.05, 4.69) is 0 Å². The van der Waals surface area contributed by atoms with E-state index in [1.165, 1.54) is 0 Å². The fraction of sp³-hybridized carbons (Fsp3) is 0.250. The molecule has 1 heterocycles. The largest absolute Gasteiger partial charge is 0.478 e. The van der Waals surface area contributed by atoms with Crippen LogP contribution >= 0.6 is 0 Å². The Hall–Kier alpha value is -1.81. The van der Waals surface area contributed by atoms with Gasteiger partial charge < -0.3 is 15.4 Å². The second-order valence-electron chi connectivity index (χ2n) is 3.77. The van der Waals surface area contributed by atoms with Crippen molar-refractivity contribution in [1.82, 2.24) is 4.57 Å². The van der Waals surface area contributed by atoms with Crippen LogP contribution in [0.4, 0.5) is 0 Å². The molecule has 0 aliphatic carbocycles. The zero-order chi connectivity index (χ0) is 11.7. The molecule has 0 aliphatic heterocycles. The van der Waals surface area contributed by atoms with Crippen LogP contribution in [0.3, 0.4) is 0 Å². The van der Waals surface area contributed by atoms with Crippen molar-refractivity contribution in [1.29, 1.82) is 0 Å². The van der Waals surface area contributed by atoms with Gasteiger partial charge in [-0.25, -0.2) is 4.79 Å². The van der Waals surface area contributed by atoms with Crippen LogP contribution in [0.2, 0.25) is 0 Å². The number of nitrogens with zero attached hydrogens (tertiary/aromatic N) is 1. The number of carboxylic acids is 1. The van der Waals surface area contributed by atoms with Crippen molar-refractivity contribution in [2.75, 3.05) is 6.54 Å². The van der Waals surface area contributed by atoms with Gasteiger partial charge in [-0.2, -0.15) is 0 Å². The predicted octanol–water partition coefficient (Wildman–Crippen LogP) is 1.61. The van der Waals surface area contributed by atoms with Gasteiger partial charge in [0, 0.05) is 24.2 Å².